The van der Waals surface area contributed by atoms with Crippen LogP contribution in [0.15, 0.2) is 18.2 Å². The van der Waals surface area contributed by atoms with Crippen molar-refractivity contribution in [2.45, 2.75) is 32.7 Å². The molecule has 0 saturated heterocycles. The highest BCUT2D eigenvalue weighted by Crippen LogP contribution is 2.23. The fourth-order valence-corrected chi connectivity index (χ4v) is 2.10. The molecular formula is C13H15ClFN3. The molecule has 0 N–H and O–H groups in total. The van der Waals surface area contributed by atoms with Crippen LogP contribution in [-0.2, 0) is 12.4 Å². The largest absolute Gasteiger partial charge is 0.310 e. The first-order chi connectivity index (χ1) is 8.67. The van der Waals surface area contributed by atoms with Gasteiger partial charge in [0.05, 0.1) is 11.4 Å². The van der Waals surface area contributed by atoms with Gasteiger partial charge in [-0.15, -0.1) is 21.8 Å². The molecule has 1 aromatic heterocycles. The number of nitrogens with zero attached hydrogens (tertiary/aromatic N) is 3. The second-order valence-corrected chi connectivity index (χ2v) is 4.48. The predicted molar refractivity (Wildman–Crippen MR) is 70.0 cm³/mol. The van der Waals surface area contributed by atoms with Crippen molar-refractivity contribution in [1.29, 1.82) is 0 Å². The van der Waals surface area contributed by atoms with E-state index < -0.39 is 0 Å². The molecule has 0 radical (unpaired) electrons. The van der Waals surface area contributed by atoms with Crippen LogP contribution in [0.2, 0.25) is 0 Å². The van der Waals surface area contributed by atoms with E-state index in [0.29, 0.717) is 17.2 Å². The van der Waals surface area contributed by atoms with Crippen LogP contribution < -0.4 is 0 Å². The Balaban J connectivity index is 2.56. The highest BCUT2D eigenvalue weighted by molar-refractivity contribution is 6.16. The first-order valence-corrected chi connectivity index (χ1v) is 6.45. The number of hydrogen-bond acceptors (Lipinski definition) is 2. The topological polar surface area (TPSA) is 30.7 Å². The summed E-state index contributed by atoms with van der Waals surface area (Å²) in [5, 5.41) is 8.08. The van der Waals surface area contributed by atoms with Gasteiger partial charge in [-0.2, -0.15) is 0 Å². The van der Waals surface area contributed by atoms with Crippen molar-refractivity contribution < 1.29 is 4.39 Å². The fourth-order valence-electron chi connectivity index (χ4n) is 1.90. The number of alkyl halides is 1. The summed E-state index contributed by atoms with van der Waals surface area (Å²) in [6, 6.07) is 4.97. The van der Waals surface area contributed by atoms with Gasteiger partial charge >= 0.3 is 0 Å². The molecule has 0 amide bonds. The minimum Gasteiger partial charge on any atom is -0.310 e. The molecule has 1 heterocycles. The Labute approximate surface area is 111 Å². The molecule has 2 aromatic rings. The molecule has 0 aliphatic carbocycles. The van der Waals surface area contributed by atoms with Crippen molar-refractivity contribution in [2.75, 3.05) is 0 Å². The zero-order valence-corrected chi connectivity index (χ0v) is 11.2. The van der Waals surface area contributed by atoms with Crippen molar-refractivity contribution in [3.05, 3.63) is 35.4 Å². The lowest BCUT2D eigenvalue weighted by Crippen LogP contribution is -2.04. The van der Waals surface area contributed by atoms with E-state index in [-0.39, 0.29) is 11.7 Å². The van der Waals surface area contributed by atoms with Crippen molar-refractivity contribution in [1.82, 2.24) is 14.8 Å². The van der Waals surface area contributed by atoms with Crippen LogP contribution in [0.3, 0.4) is 0 Å². The Morgan fingerprint density at radius 1 is 1.33 bits per heavy atom. The standard InChI is InChI=1S/C13H15ClFN3/c1-3-6-18-12(8-14)16-17-13(18)10-7-9(2)4-5-11(10)15/h4-5,7H,3,6,8H2,1-2H3. The zero-order valence-electron chi connectivity index (χ0n) is 10.5. The van der Waals surface area contributed by atoms with Gasteiger partial charge in [0.15, 0.2) is 5.82 Å². The molecule has 0 spiro atoms. The van der Waals surface area contributed by atoms with Gasteiger partial charge in [-0.3, -0.25) is 0 Å². The zero-order chi connectivity index (χ0) is 13.1. The van der Waals surface area contributed by atoms with Gasteiger partial charge in [-0.1, -0.05) is 18.6 Å². The Kier molecular flexibility index (Phi) is 3.97. The van der Waals surface area contributed by atoms with Crippen molar-refractivity contribution >= 4 is 11.6 Å². The molecule has 1 aromatic carbocycles. The van der Waals surface area contributed by atoms with Crippen LogP contribution in [-0.4, -0.2) is 14.8 Å². The van der Waals surface area contributed by atoms with E-state index in [0.717, 1.165) is 18.5 Å². The lowest BCUT2D eigenvalue weighted by atomic mass is 10.1. The number of halogens is 2. The second kappa shape index (κ2) is 5.48. The Hall–Kier alpha value is -1.42. The number of benzene rings is 1. The minimum absolute atomic E-state index is 0.278. The molecule has 96 valence electrons. The summed E-state index contributed by atoms with van der Waals surface area (Å²) in [7, 11) is 0. The van der Waals surface area contributed by atoms with Crippen LogP contribution in [0.5, 0.6) is 0 Å². The predicted octanol–water partition coefficient (Wildman–Crippen LogP) is 3.54. The van der Waals surface area contributed by atoms with E-state index in [1.807, 2.05) is 18.4 Å². The van der Waals surface area contributed by atoms with E-state index in [4.69, 9.17) is 11.6 Å². The normalized spacial score (nSPS) is 10.9. The summed E-state index contributed by atoms with van der Waals surface area (Å²) in [5.41, 5.74) is 1.47. The molecule has 2 rings (SSSR count). The molecule has 0 bridgehead atoms. The average Bonchev–Trinajstić information content (AvgIpc) is 2.76. The summed E-state index contributed by atoms with van der Waals surface area (Å²) in [5.74, 6) is 1.22. The van der Waals surface area contributed by atoms with Gasteiger partial charge in [0.1, 0.15) is 11.6 Å². The molecule has 3 nitrogen and oxygen atoms in total. The smallest absolute Gasteiger partial charge is 0.166 e. The SMILES string of the molecule is CCCn1c(CCl)nnc1-c1cc(C)ccc1F. The summed E-state index contributed by atoms with van der Waals surface area (Å²) in [6.45, 7) is 4.71. The highest BCUT2D eigenvalue weighted by Gasteiger charge is 2.15. The molecule has 0 aliphatic rings. The van der Waals surface area contributed by atoms with Crippen LogP contribution in [0.4, 0.5) is 4.39 Å². The van der Waals surface area contributed by atoms with Crippen LogP contribution in [0, 0.1) is 12.7 Å². The van der Waals surface area contributed by atoms with E-state index in [9.17, 15) is 4.39 Å². The van der Waals surface area contributed by atoms with Gasteiger partial charge in [0, 0.05) is 6.54 Å². The van der Waals surface area contributed by atoms with Gasteiger partial charge in [-0.05, 0) is 25.5 Å². The molecule has 0 aliphatic heterocycles. The van der Waals surface area contributed by atoms with Crippen molar-refractivity contribution in [3.63, 3.8) is 0 Å². The molecule has 5 heteroatoms. The maximum atomic E-state index is 13.9. The molecule has 0 unspecified atom stereocenters. The Bertz CT molecular complexity index is 551. The maximum Gasteiger partial charge on any atom is 0.166 e. The van der Waals surface area contributed by atoms with E-state index >= 15 is 0 Å². The molecule has 0 atom stereocenters. The molecular weight excluding hydrogens is 253 g/mol. The van der Waals surface area contributed by atoms with Crippen LogP contribution in [0.25, 0.3) is 11.4 Å². The third-order valence-electron chi connectivity index (χ3n) is 2.76. The maximum absolute atomic E-state index is 13.9. The first kappa shape index (κ1) is 13.0. The number of aromatic nitrogens is 3. The van der Waals surface area contributed by atoms with Crippen LogP contribution in [0.1, 0.15) is 24.7 Å². The monoisotopic (exact) mass is 267 g/mol. The molecule has 18 heavy (non-hydrogen) atoms. The second-order valence-electron chi connectivity index (χ2n) is 4.21. The third kappa shape index (κ3) is 2.38. The lowest BCUT2D eigenvalue weighted by molar-refractivity contribution is 0.620. The van der Waals surface area contributed by atoms with Crippen molar-refractivity contribution in [2.24, 2.45) is 0 Å². The number of hydrogen-bond donors (Lipinski definition) is 0. The summed E-state index contributed by atoms with van der Waals surface area (Å²) in [6.07, 6.45) is 0.919. The van der Waals surface area contributed by atoms with E-state index in [1.165, 1.54) is 6.07 Å². The molecule has 0 saturated carbocycles. The Morgan fingerprint density at radius 3 is 2.78 bits per heavy atom. The summed E-state index contributed by atoms with van der Waals surface area (Å²) >= 11 is 5.82. The van der Waals surface area contributed by atoms with Crippen molar-refractivity contribution in [3.8, 4) is 11.4 Å². The van der Waals surface area contributed by atoms with E-state index in [2.05, 4.69) is 10.2 Å². The number of rotatable bonds is 4. The van der Waals surface area contributed by atoms with Gasteiger partial charge < -0.3 is 4.57 Å². The average molecular weight is 268 g/mol. The fraction of sp³-hybridized carbons (Fsp3) is 0.385. The Morgan fingerprint density at radius 2 is 2.11 bits per heavy atom. The molecule has 0 fully saturated rings. The summed E-state index contributed by atoms with van der Waals surface area (Å²) < 4.78 is 15.8. The van der Waals surface area contributed by atoms with Gasteiger partial charge in [0.2, 0.25) is 0 Å². The third-order valence-corrected chi connectivity index (χ3v) is 3.00. The van der Waals surface area contributed by atoms with Crippen LogP contribution >= 0.6 is 11.6 Å². The summed E-state index contributed by atoms with van der Waals surface area (Å²) in [4.78, 5) is 0. The van der Waals surface area contributed by atoms with Gasteiger partial charge in [-0.25, -0.2) is 4.39 Å². The minimum atomic E-state index is -0.286. The lowest BCUT2D eigenvalue weighted by Gasteiger charge is -2.09. The van der Waals surface area contributed by atoms with Gasteiger partial charge in [0.25, 0.3) is 0 Å². The quantitative estimate of drug-likeness (QED) is 0.794. The number of aryl methyl sites for hydroxylation is 1. The first-order valence-electron chi connectivity index (χ1n) is 5.92. The van der Waals surface area contributed by atoms with E-state index in [1.54, 1.807) is 12.1 Å². The highest BCUT2D eigenvalue weighted by atomic mass is 35.5.